The molecule has 0 radical (unpaired) electrons. The highest BCUT2D eigenvalue weighted by Crippen LogP contribution is 2.31. The van der Waals surface area contributed by atoms with Gasteiger partial charge in [-0.1, -0.05) is 42.5 Å². The molecule has 0 aliphatic carbocycles. The minimum atomic E-state index is -7.22. The fourth-order valence-electron chi connectivity index (χ4n) is 7.19. The summed E-state index contributed by atoms with van der Waals surface area (Å²) in [4.78, 5) is 16.5. The van der Waals surface area contributed by atoms with Crippen molar-refractivity contribution in [1.82, 2.24) is 4.98 Å². The van der Waals surface area contributed by atoms with E-state index < -0.39 is 150 Å². The minimum Gasteiger partial charge on any atom is -0.419 e. The van der Waals surface area contributed by atoms with Crippen LogP contribution in [0.15, 0.2) is 73.2 Å². The van der Waals surface area contributed by atoms with E-state index in [1.165, 1.54) is 6.20 Å². The standard InChI is InChI=1S/C24BF20.C19H17N2O2/c26-5-1(6(27)14(35)21(42)13(5)34)25(2-7(28)15(36)22(43)16(37)8(2)29,3-9(30)17(38)23(44)18(39)10(3)31)4-11(32)19(40)24(45)20(41)12(4)33;1-15-6-5-9-17(12-15)23-19(22)18-13-20-10-11-21(18)14-16-7-3-2-4-8-16/h;2-13H,14H2,1H3/q-1;+1. The summed E-state index contributed by atoms with van der Waals surface area (Å²) in [6.07, 6.45) is -2.25. The zero-order valence-corrected chi connectivity index (χ0v) is 33.0. The predicted molar refractivity (Wildman–Crippen MR) is 195 cm³/mol. The van der Waals surface area contributed by atoms with Gasteiger partial charge in [0.2, 0.25) is 0 Å². The van der Waals surface area contributed by atoms with Crippen molar-refractivity contribution in [2.45, 2.75) is 13.5 Å². The van der Waals surface area contributed by atoms with Crippen LogP contribution >= 0.6 is 0 Å². The lowest BCUT2D eigenvalue weighted by atomic mass is 9.12. The number of aromatic nitrogens is 2. The molecule has 6 aromatic carbocycles. The molecule has 68 heavy (non-hydrogen) atoms. The Morgan fingerprint density at radius 2 is 0.809 bits per heavy atom. The Morgan fingerprint density at radius 1 is 0.471 bits per heavy atom. The summed E-state index contributed by atoms with van der Waals surface area (Å²) < 4.78 is 301. The van der Waals surface area contributed by atoms with Gasteiger partial charge >= 0.3 is 11.7 Å². The number of nitrogens with zero attached hydrogens (tertiary/aromatic N) is 2. The van der Waals surface area contributed by atoms with Gasteiger partial charge in [0.1, 0.15) is 64.6 Å². The first-order valence-corrected chi connectivity index (χ1v) is 18.3. The lowest BCUT2D eigenvalue weighted by Gasteiger charge is -2.44. The van der Waals surface area contributed by atoms with Crippen molar-refractivity contribution in [1.29, 1.82) is 0 Å². The summed E-state index contributed by atoms with van der Waals surface area (Å²) >= 11 is 0. The van der Waals surface area contributed by atoms with Crippen molar-refractivity contribution in [2.75, 3.05) is 0 Å². The first kappa shape index (κ1) is 50.0. The Hall–Kier alpha value is -7.47. The van der Waals surface area contributed by atoms with E-state index in [9.17, 15) is 57.5 Å². The average molecular weight is 984 g/mol. The van der Waals surface area contributed by atoms with Crippen LogP contribution in [0, 0.1) is 123 Å². The first-order valence-electron chi connectivity index (χ1n) is 18.3. The van der Waals surface area contributed by atoms with Gasteiger partial charge in [-0.3, -0.25) is 4.98 Å². The molecular weight excluding hydrogens is 967 g/mol. The second-order valence-electron chi connectivity index (χ2n) is 14.1. The third-order valence-corrected chi connectivity index (χ3v) is 10.2. The molecule has 354 valence electrons. The van der Waals surface area contributed by atoms with Gasteiger partial charge in [0.05, 0.1) is 6.20 Å². The van der Waals surface area contributed by atoms with Gasteiger partial charge in [-0.05, 0) is 24.6 Å². The third-order valence-electron chi connectivity index (χ3n) is 10.2. The smallest absolute Gasteiger partial charge is 0.410 e. The normalized spacial score (nSPS) is 11.4. The molecule has 0 unspecified atom stereocenters. The quantitative estimate of drug-likeness (QED) is 0.0291. The van der Waals surface area contributed by atoms with E-state index in [2.05, 4.69) is 4.98 Å². The van der Waals surface area contributed by atoms with E-state index in [0.717, 1.165) is 11.1 Å². The number of esters is 1. The van der Waals surface area contributed by atoms with Crippen LogP contribution in [0.2, 0.25) is 0 Å². The van der Waals surface area contributed by atoms with Crippen LogP contribution in [0.25, 0.3) is 0 Å². The van der Waals surface area contributed by atoms with Gasteiger partial charge in [0.25, 0.3) is 0 Å². The van der Waals surface area contributed by atoms with Gasteiger partial charge in [0, 0.05) is 5.56 Å². The van der Waals surface area contributed by atoms with E-state index in [4.69, 9.17) is 4.74 Å². The monoisotopic (exact) mass is 984 g/mol. The Bertz CT molecular complexity index is 2790. The van der Waals surface area contributed by atoms with Crippen LogP contribution in [0.3, 0.4) is 0 Å². The van der Waals surface area contributed by atoms with Gasteiger partial charge in [-0.25, -0.2) is 92.6 Å². The molecule has 1 aromatic heterocycles. The number of ether oxygens (including phenoxy) is 1. The van der Waals surface area contributed by atoms with E-state index in [-0.39, 0.29) is 0 Å². The van der Waals surface area contributed by atoms with Crippen molar-refractivity contribution in [3.05, 3.63) is 206 Å². The summed E-state index contributed by atoms with van der Waals surface area (Å²) in [6.45, 7) is 2.54. The Labute approximate surface area is 366 Å². The number of carbonyl (C=O) groups is 1. The second-order valence-corrected chi connectivity index (χ2v) is 14.1. The maximum atomic E-state index is 15.4. The molecule has 0 aliphatic rings. The molecule has 1 heterocycles. The number of halogens is 20. The van der Waals surface area contributed by atoms with Crippen molar-refractivity contribution in [2.24, 2.45) is 0 Å². The molecule has 0 aliphatic heterocycles. The number of hydrogen-bond donors (Lipinski definition) is 0. The topological polar surface area (TPSA) is 43.1 Å². The molecular formula is C43H17BF20N2O2. The lowest BCUT2D eigenvalue weighted by Crippen LogP contribution is -2.81. The molecule has 0 amide bonds. The highest BCUT2D eigenvalue weighted by atomic mass is 19.2. The summed E-state index contributed by atoms with van der Waals surface area (Å²) in [7, 11) is 0. The SMILES string of the molecule is Cc1cccc(OC(=O)c2cncc[n+]2Cc2ccccc2)c1.Fc1c(F)c(F)c([B-](c2c(F)c(F)c(F)c(F)c2F)(c2c(F)c(F)c(F)c(F)c2F)c2c(F)c(F)c(F)c(F)c2F)c(F)c1F. The van der Waals surface area contributed by atoms with E-state index >= 15 is 35.1 Å². The van der Waals surface area contributed by atoms with Gasteiger partial charge in [-0.15, -0.1) is 21.9 Å². The fourth-order valence-corrected chi connectivity index (χ4v) is 7.19. The molecule has 0 saturated carbocycles. The second kappa shape index (κ2) is 19.0. The Morgan fingerprint density at radius 3 is 1.15 bits per heavy atom. The van der Waals surface area contributed by atoms with Crippen LogP contribution in [-0.4, -0.2) is 17.1 Å². The average Bonchev–Trinajstić information content (AvgIpc) is 3.32. The largest absolute Gasteiger partial charge is 0.419 e. The van der Waals surface area contributed by atoms with E-state index in [0.29, 0.717) is 18.0 Å². The van der Waals surface area contributed by atoms with Crippen molar-refractivity contribution >= 4 is 34.0 Å². The van der Waals surface area contributed by atoms with Crippen LogP contribution in [0.1, 0.15) is 21.6 Å². The number of carbonyl (C=O) groups excluding carboxylic acids is 1. The fraction of sp³-hybridized carbons (Fsp3) is 0.0465. The first-order chi connectivity index (χ1) is 31.9. The van der Waals surface area contributed by atoms with E-state index in [1.807, 2.05) is 60.0 Å². The highest BCUT2D eigenvalue weighted by molar-refractivity contribution is 7.20. The molecule has 0 fully saturated rings. The molecule has 0 saturated heterocycles. The maximum absolute atomic E-state index is 15.4. The summed E-state index contributed by atoms with van der Waals surface area (Å²) in [5.74, 6) is -71.3. The van der Waals surface area contributed by atoms with Gasteiger partial charge < -0.3 is 4.74 Å². The van der Waals surface area contributed by atoms with E-state index in [1.54, 1.807) is 18.5 Å². The maximum Gasteiger partial charge on any atom is 0.410 e. The summed E-state index contributed by atoms with van der Waals surface area (Å²) in [5.41, 5.74) is -11.8. The molecule has 7 rings (SSSR count). The zero-order valence-electron chi connectivity index (χ0n) is 33.0. The van der Waals surface area contributed by atoms with Crippen LogP contribution < -0.4 is 31.2 Å². The molecule has 25 heteroatoms. The molecule has 4 nitrogen and oxygen atoms in total. The van der Waals surface area contributed by atoms with Gasteiger partial charge in [0.15, 0.2) is 82.5 Å². The number of aryl methyl sites for hydroxylation is 1. The van der Waals surface area contributed by atoms with Crippen LogP contribution in [0.4, 0.5) is 87.8 Å². The van der Waals surface area contributed by atoms with Crippen molar-refractivity contribution < 1.29 is 102 Å². The zero-order chi connectivity index (χ0) is 50.4. The summed E-state index contributed by atoms with van der Waals surface area (Å²) in [5, 5.41) is 0. The molecule has 7 aromatic rings. The molecule has 0 N–H and O–H groups in total. The third kappa shape index (κ3) is 8.22. The lowest BCUT2D eigenvalue weighted by molar-refractivity contribution is -0.691. The predicted octanol–water partition coefficient (Wildman–Crippen LogP) is 8.79. The molecule has 0 spiro atoms. The van der Waals surface area contributed by atoms with Crippen molar-refractivity contribution in [3.63, 3.8) is 0 Å². The van der Waals surface area contributed by atoms with Crippen LogP contribution in [0.5, 0.6) is 5.75 Å². The molecule has 0 bridgehead atoms. The number of benzene rings is 6. The minimum absolute atomic E-state index is 0.415. The Kier molecular flexibility index (Phi) is 14.0. The van der Waals surface area contributed by atoms with Gasteiger partial charge in [-0.2, -0.15) is 4.57 Å². The van der Waals surface area contributed by atoms with Crippen LogP contribution in [-0.2, 0) is 6.54 Å². The number of rotatable bonds is 8. The molecule has 0 atom stereocenters. The Balaban J connectivity index is 0.000000276. The highest BCUT2D eigenvalue weighted by Gasteiger charge is 2.52. The van der Waals surface area contributed by atoms with Crippen molar-refractivity contribution in [3.8, 4) is 5.75 Å². The summed E-state index contributed by atoms with van der Waals surface area (Å²) in [6, 6.07) is 17.4. The number of hydrogen-bond acceptors (Lipinski definition) is 3.